The summed E-state index contributed by atoms with van der Waals surface area (Å²) in [7, 11) is -2.52. The quantitative estimate of drug-likeness (QED) is 0.462. The van der Waals surface area contributed by atoms with Gasteiger partial charge in [0.25, 0.3) is 0 Å². The molecule has 0 aliphatic carbocycles. The number of benzene rings is 1. The first kappa shape index (κ1) is 19.9. The molecule has 0 radical (unpaired) electrons. The highest BCUT2D eigenvalue weighted by atomic mass is 28.4. The van der Waals surface area contributed by atoms with Gasteiger partial charge in [0, 0.05) is 44.8 Å². The Morgan fingerprint density at radius 1 is 0.920 bits per heavy atom. The molecule has 2 aromatic rings. The number of fused-ring (bicyclic) bond motifs is 1. The molecule has 0 fully saturated rings. The van der Waals surface area contributed by atoms with Crippen molar-refractivity contribution in [1.82, 2.24) is 15.3 Å². The van der Waals surface area contributed by atoms with Gasteiger partial charge in [0.1, 0.15) is 0 Å². The molecule has 0 unspecified atom stereocenters. The summed E-state index contributed by atoms with van der Waals surface area (Å²) >= 11 is 0. The second-order valence-electron chi connectivity index (χ2n) is 5.64. The van der Waals surface area contributed by atoms with Crippen LogP contribution in [0.1, 0.15) is 32.8 Å². The molecule has 1 heterocycles. The van der Waals surface area contributed by atoms with Gasteiger partial charge in [0.2, 0.25) is 0 Å². The van der Waals surface area contributed by atoms with Crippen LogP contribution in [0.3, 0.4) is 0 Å². The van der Waals surface area contributed by atoms with Crippen molar-refractivity contribution < 1.29 is 13.3 Å². The Kier molecular flexibility index (Phi) is 8.43. The van der Waals surface area contributed by atoms with Crippen molar-refractivity contribution in [3.05, 3.63) is 36.2 Å². The van der Waals surface area contributed by atoms with E-state index < -0.39 is 8.80 Å². The molecular formula is C18H29N3O3Si. The third-order valence-corrected chi connectivity index (χ3v) is 6.94. The van der Waals surface area contributed by atoms with Crippen LogP contribution in [0.2, 0.25) is 6.04 Å². The zero-order valence-electron chi connectivity index (χ0n) is 15.5. The smallest absolute Gasteiger partial charge is 0.374 e. The van der Waals surface area contributed by atoms with Crippen molar-refractivity contribution in [2.75, 3.05) is 26.4 Å². The van der Waals surface area contributed by atoms with Crippen LogP contribution in [-0.2, 0) is 19.8 Å². The van der Waals surface area contributed by atoms with E-state index in [0.29, 0.717) is 19.8 Å². The maximum absolute atomic E-state index is 5.87. The first-order valence-electron chi connectivity index (χ1n) is 9.05. The van der Waals surface area contributed by atoms with Gasteiger partial charge in [-0.2, -0.15) is 0 Å². The van der Waals surface area contributed by atoms with Crippen LogP contribution in [0.5, 0.6) is 0 Å². The molecule has 2 rings (SSSR count). The van der Waals surface area contributed by atoms with Crippen molar-refractivity contribution in [1.29, 1.82) is 0 Å². The summed E-state index contributed by atoms with van der Waals surface area (Å²) in [5.74, 6) is 0. The fraction of sp³-hybridized carbons (Fsp3) is 0.556. The van der Waals surface area contributed by atoms with E-state index in [2.05, 4.69) is 27.4 Å². The average Bonchev–Trinajstić information content (AvgIpc) is 2.62. The van der Waals surface area contributed by atoms with Crippen molar-refractivity contribution >= 4 is 19.8 Å². The zero-order chi connectivity index (χ0) is 18.0. The Labute approximate surface area is 151 Å². The Morgan fingerprint density at radius 3 is 2.20 bits per heavy atom. The highest BCUT2D eigenvalue weighted by molar-refractivity contribution is 6.60. The largest absolute Gasteiger partial charge is 0.500 e. The predicted octanol–water partition coefficient (Wildman–Crippen LogP) is 3.16. The molecule has 1 N–H and O–H groups in total. The summed E-state index contributed by atoms with van der Waals surface area (Å²) in [5, 5.41) is 3.47. The van der Waals surface area contributed by atoms with Crippen LogP contribution >= 0.6 is 0 Å². The van der Waals surface area contributed by atoms with Crippen LogP contribution < -0.4 is 5.32 Å². The lowest BCUT2D eigenvalue weighted by Crippen LogP contribution is -2.46. The van der Waals surface area contributed by atoms with Gasteiger partial charge in [-0.1, -0.05) is 6.07 Å². The molecule has 0 aliphatic rings. The van der Waals surface area contributed by atoms with E-state index in [0.717, 1.165) is 36.6 Å². The number of aromatic nitrogens is 2. The van der Waals surface area contributed by atoms with Gasteiger partial charge >= 0.3 is 8.80 Å². The fourth-order valence-electron chi connectivity index (χ4n) is 2.78. The standard InChI is InChI=1S/C18H29N3O3Si/c1-4-22-25(23-5-2,24-6-3)13-7-10-19-15-16-8-9-17-18(14-16)21-12-11-20-17/h8-9,11-12,14,19H,4-7,10,13,15H2,1-3H3. The summed E-state index contributed by atoms with van der Waals surface area (Å²) in [5.41, 5.74) is 3.06. The van der Waals surface area contributed by atoms with Crippen LogP contribution in [-0.4, -0.2) is 45.1 Å². The van der Waals surface area contributed by atoms with Gasteiger partial charge in [0.15, 0.2) is 0 Å². The lowest BCUT2D eigenvalue weighted by Gasteiger charge is -2.28. The molecule has 0 aliphatic heterocycles. The van der Waals surface area contributed by atoms with Gasteiger partial charge in [-0.05, 0) is 51.4 Å². The van der Waals surface area contributed by atoms with E-state index >= 15 is 0 Å². The van der Waals surface area contributed by atoms with E-state index in [4.69, 9.17) is 13.3 Å². The SMILES string of the molecule is CCO[Si](CCCNCc1ccc2nccnc2c1)(OCC)OCC. The summed E-state index contributed by atoms with van der Waals surface area (Å²) in [6.45, 7) is 9.52. The third kappa shape index (κ3) is 6.13. The van der Waals surface area contributed by atoms with Crippen LogP contribution in [0.4, 0.5) is 0 Å². The zero-order valence-corrected chi connectivity index (χ0v) is 16.5. The Bertz CT molecular complexity index is 625. The summed E-state index contributed by atoms with van der Waals surface area (Å²) in [6.07, 6.45) is 4.39. The predicted molar refractivity (Wildman–Crippen MR) is 101 cm³/mol. The highest BCUT2D eigenvalue weighted by Gasteiger charge is 2.39. The molecular weight excluding hydrogens is 334 g/mol. The van der Waals surface area contributed by atoms with E-state index in [1.165, 1.54) is 5.56 Å². The molecule has 6 nitrogen and oxygen atoms in total. The molecule has 1 aromatic carbocycles. The molecule has 0 spiro atoms. The lowest BCUT2D eigenvalue weighted by molar-refractivity contribution is 0.0708. The maximum atomic E-state index is 5.87. The van der Waals surface area contributed by atoms with Crippen molar-refractivity contribution in [3.63, 3.8) is 0 Å². The minimum Gasteiger partial charge on any atom is -0.374 e. The van der Waals surface area contributed by atoms with E-state index in [9.17, 15) is 0 Å². The van der Waals surface area contributed by atoms with E-state index in [-0.39, 0.29) is 0 Å². The molecule has 0 saturated carbocycles. The van der Waals surface area contributed by atoms with Crippen LogP contribution in [0.15, 0.2) is 30.6 Å². The fourth-order valence-corrected chi connectivity index (χ4v) is 5.39. The molecule has 1 aromatic heterocycles. The monoisotopic (exact) mass is 363 g/mol. The van der Waals surface area contributed by atoms with Gasteiger partial charge < -0.3 is 18.6 Å². The second-order valence-corrected chi connectivity index (χ2v) is 8.37. The van der Waals surface area contributed by atoms with Crippen molar-refractivity contribution in [2.45, 2.75) is 39.8 Å². The third-order valence-electron chi connectivity index (χ3n) is 3.79. The van der Waals surface area contributed by atoms with Crippen molar-refractivity contribution in [2.24, 2.45) is 0 Å². The summed E-state index contributed by atoms with van der Waals surface area (Å²) in [4.78, 5) is 8.64. The van der Waals surface area contributed by atoms with Gasteiger partial charge in [-0.25, -0.2) is 0 Å². The lowest BCUT2D eigenvalue weighted by atomic mass is 10.2. The maximum Gasteiger partial charge on any atom is 0.500 e. The minimum absolute atomic E-state index is 0.623. The number of hydrogen-bond donors (Lipinski definition) is 1. The Morgan fingerprint density at radius 2 is 1.56 bits per heavy atom. The minimum atomic E-state index is -2.52. The number of nitrogens with zero attached hydrogens (tertiary/aromatic N) is 2. The highest BCUT2D eigenvalue weighted by Crippen LogP contribution is 2.18. The Balaban J connectivity index is 1.80. The number of rotatable bonds is 12. The molecule has 0 atom stereocenters. The molecule has 0 saturated heterocycles. The molecule has 25 heavy (non-hydrogen) atoms. The van der Waals surface area contributed by atoms with Gasteiger partial charge in [-0.3, -0.25) is 9.97 Å². The van der Waals surface area contributed by atoms with E-state index in [1.807, 2.05) is 26.8 Å². The number of nitrogens with one attached hydrogen (secondary N) is 1. The normalized spacial score (nSPS) is 12.0. The van der Waals surface area contributed by atoms with Crippen LogP contribution in [0, 0.1) is 0 Å². The van der Waals surface area contributed by atoms with Gasteiger partial charge in [0.05, 0.1) is 11.0 Å². The van der Waals surface area contributed by atoms with Gasteiger partial charge in [-0.15, -0.1) is 0 Å². The van der Waals surface area contributed by atoms with E-state index in [1.54, 1.807) is 12.4 Å². The first-order chi connectivity index (χ1) is 12.2. The average molecular weight is 364 g/mol. The van der Waals surface area contributed by atoms with Crippen molar-refractivity contribution in [3.8, 4) is 0 Å². The summed E-state index contributed by atoms with van der Waals surface area (Å²) in [6, 6.07) is 7.01. The van der Waals surface area contributed by atoms with Crippen LogP contribution in [0.25, 0.3) is 11.0 Å². The molecule has 0 amide bonds. The number of hydrogen-bond acceptors (Lipinski definition) is 6. The second kappa shape index (κ2) is 10.6. The first-order valence-corrected chi connectivity index (χ1v) is 11.0. The Hall–Kier alpha value is -1.38. The topological polar surface area (TPSA) is 65.5 Å². The summed E-state index contributed by atoms with van der Waals surface area (Å²) < 4.78 is 17.6. The molecule has 138 valence electrons. The molecule has 0 bridgehead atoms. The molecule has 7 heteroatoms.